The number of nitrogens with two attached hydrogens (primary N) is 1. The second-order valence-electron chi connectivity index (χ2n) is 4.69. The van der Waals surface area contributed by atoms with E-state index in [1.807, 2.05) is 18.2 Å². The summed E-state index contributed by atoms with van der Waals surface area (Å²) in [5.74, 6) is 1.63. The first kappa shape index (κ1) is 12.0. The van der Waals surface area contributed by atoms with Crippen molar-refractivity contribution in [3.05, 3.63) is 21.8 Å². The summed E-state index contributed by atoms with van der Waals surface area (Å²) in [6.45, 7) is 2.30. The van der Waals surface area contributed by atoms with Gasteiger partial charge in [0.15, 0.2) is 0 Å². The molecule has 1 saturated carbocycles. The van der Waals surface area contributed by atoms with Crippen molar-refractivity contribution in [1.82, 2.24) is 0 Å². The van der Waals surface area contributed by atoms with Gasteiger partial charge in [-0.15, -0.1) is 0 Å². The Kier molecular flexibility index (Phi) is 3.95. The molecule has 88 valence electrons. The fourth-order valence-corrected chi connectivity index (χ4v) is 2.81. The molecule has 0 radical (unpaired) electrons. The fourth-order valence-electron chi connectivity index (χ4n) is 2.29. The number of benzene rings is 1. The molecule has 3 heteroatoms. The number of anilines is 1. The van der Waals surface area contributed by atoms with Gasteiger partial charge < -0.3 is 10.5 Å². The van der Waals surface area contributed by atoms with Crippen molar-refractivity contribution in [3.63, 3.8) is 0 Å². The van der Waals surface area contributed by atoms with Gasteiger partial charge in [-0.1, -0.05) is 13.3 Å². The largest absolute Gasteiger partial charge is 0.488 e. The molecule has 1 aliphatic rings. The predicted octanol–water partition coefficient (Wildman–Crippen LogP) is 3.83. The third kappa shape index (κ3) is 3.03. The Morgan fingerprint density at radius 3 is 2.88 bits per heavy atom. The van der Waals surface area contributed by atoms with Gasteiger partial charge in [0.1, 0.15) is 5.75 Å². The minimum absolute atomic E-state index is 0.353. The average molecular weight is 331 g/mol. The van der Waals surface area contributed by atoms with Gasteiger partial charge >= 0.3 is 0 Å². The predicted molar refractivity (Wildman–Crippen MR) is 75.6 cm³/mol. The molecule has 2 unspecified atom stereocenters. The number of hydrogen-bond donors (Lipinski definition) is 1. The minimum Gasteiger partial charge on any atom is -0.488 e. The molecule has 1 fully saturated rings. The van der Waals surface area contributed by atoms with Crippen LogP contribution in [0.1, 0.15) is 32.6 Å². The molecule has 0 spiro atoms. The van der Waals surface area contributed by atoms with Crippen molar-refractivity contribution in [2.75, 3.05) is 5.73 Å². The van der Waals surface area contributed by atoms with Crippen LogP contribution in [0, 0.1) is 9.49 Å². The molecule has 2 atom stereocenters. The second kappa shape index (κ2) is 5.25. The van der Waals surface area contributed by atoms with Crippen LogP contribution in [0.5, 0.6) is 5.75 Å². The first-order valence-electron chi connectivity index (χ1n) is 5.87. The molecule has 1 aromatic carbocycles. The molecular weight excluding hydrogens is 313 g/mol. The van der Waals surface area contributed by atoms with Gasteiger partial charge in [0.25, 0.3) is 0 Å². The number of ether oxygens (including phenoxy) is 1. The smallest absolute Gasteiger partial charge is 0.142 e. The molecule has 1 aliphatic carbocycles. The minimum atomic E-state index is 0.353. The summed E-state index contributed by atoms with van der Waals surface area (Å²) < 4.78 is 7.14. The van der Waals surface area contributed by atoms with Crippen molar-refractivity contribution in [1.29, 1.82) is 0 Å². The van der Waals surface area contributed by atoms with Gasteiger partial charge in [-0.3, -0.25) is 0 Å². The molecule has 0 amide bonds. The van der Waals surface area contributed by atoms with Crippen LogP contribution in [0.4, 0.5) is 5.69 Å². The van der Waals surface area contributed by atoms with E-state index in [0.717, 1.165) is 33.8 Å². The lowest BCUT2D eigenvalue weighted by Crippen LogP contribution is -2.24. The normalized spacial score (nSPS) is 25.4. The van der Waals surface area contributed by atoms with Crippen LogP contribution in [0.15, 0.2) is 18.2 Å². The Bertz CT molecular complexity index is 367. The first-order valence-corrected chi connectivity index (χ1v) is 6.94. The van der Waals surface area contributed by atoms with Gasteiger partial charge in [0.2, 0.25) is 0 Å². The molecule has 0 aliphatic heterocycles. The molecule has 0 aromatic heterocycles. The molecule has 1 aromatic rings. The van der Waals surface area contributed by atoms with Gasteiger partial charge in [-0.05, 0) is 66.0 Å². The highest BCUT2D eigenvalue weighted by molar-refractivity contribution is 14.1. The number of rotatable bonds is 2. The summed E-state index contributed by atoms with van der Waals surface area (Å²) in [5, 5.41) is 0. The van der Waals surface area contributed by atoms with E-state index in [0.29, 0.717) is 6.10 Å². The van der Waals surface area contributed by atoms with Crippen molar-refractivity contribution < 1.29 is 4.74 Å². The third-order valence-corrected chi connectivity index (χ3v) is 3.82. The first-order chi connectivity index (χ1) is 7.65. The highest BCUT2D eigenvalue weighted by Crippen LogP contribution is 2.30. The van der Waals surface area contributed by atoms with Crippen molar-refractivity contribution in [2.45, 2.75) is 38.7 Å². The monoisotopic (exact) mass is 331 g/mol. The van der Waals surface area contributed by atoms with Crippen molar-refractivity contribution in [3.8, 4) is 5.75 Å². The molecule has 2 rings (SSSR count). The molecule has 2 N–H and O–H groups in total. The van der Waals surface area contributed by atoms with Crippen LogP contribution in [-0.2, 0) is 0 Å². The summed E-state index contributed by atoms with van der Waals surface area (Å²) >= 11 is 2.26. The quantitative estimate of drug-likeness (QED) is 0.660. The summed E-state index contributed by atoms with van der Waals surface area (Å²) in [7, 11) is 0. The Morgan fingerprint density at radius 2 is 2.19 bits per heavy atom. The van der Waals surface area contributed by atoms with Crippen LogP contribution in [0.25, 0.3) is 0 Å². The van der Waals surface area contributed by atoms with Gasteiger partial charge in [0.05, 0.1) is 11.8 Å². The molecular formula is C13H18INO. The Hall–Kier alpha value is -0.450. The molecule has 0 saturated heterocycles. The van der Waals surface area contributed by atoms with E-state index in [9.17, 15) is 0 Å². The molecule has 16 heavy (non-hydrogen) atoms. The topological polar surface area (TPSA) is 35.2 Å². The number of halogens is 1. The van der Waals surface area contributed by atoms with Crippen molar-refractivity contribution in [2.24, 2.45) is 5.92 Å². The van der Waals surface area contributed by atoms with E-state index in [1.165, 1.54) is 12.8 Å². The Morgan fingerprint density at radius 1 is 1.38 bits per heavy atom. The zero-order valence-electron chi connectivity index (χ0n) is 9.58. The summed E-state index contributed by atoms with van der Waals surface area (Å²) in [6.07, 6.45) is 5.28. The van der Waals surface area contributed by atoms with Gasteiger partial charge in [0, 0.05) is 3.57 Å². The van der Waals surface area contributed by atoms with Crippen molar-refractivity contribution >= 4 is 28.3 Å². The van der Waals surface area contributed by atoms with E-state index < -0.39 is 0 Å². The van der Waals surface area contributed by atoms with Gasteiger partial charge in [-0.2, -0.15) is 0 Å². The third-order valence-electron chi connectivity index (χ3n) is 3.15. The van der Waals surface area contributed by atoms with E-state index in [2.05, 4.69) is 29.5 Å². The van der Waals surface area contributed by atoms with E-state index in [-0.39, 0.29) is 0 Å². The standard InChI is InChI=1S/C13H18INO/c1-9-3-2-4-11(7-9)16-13-6-5-10(14)8-12(13)15/h5-6,8-9,11H,2-4,7,15H2,1H3. The van der Waals surface area contributed by atoms with E-state index >= 15 is 0 Å². The number of hydrogen-bond acceptors (Lipinski definition) is 2. The zero-order chi connectivity index (χ0) is 11.5. The molecule has 0 heterocycles. The summed E-state index contributed by atoms with van der Waals surface area (Å²) in [5.41, 5.74) is 6.70. The maximum atomic E-state index is 5.98. The number of nitrogen functional groups attached to an aromatic ring is 1. The SMILES string of the molecule is CC1CCCC(Oc2ccc(I)cc2N)C1. The highest BCUT2D eigenvalue weighted by atomic mass is 127. The molecule has 2 nitrogen and oxygen atoms in total. The maximum absolute atomic E-state index is 5.98. The van der Waals surface area contributed by atoms with Crippen LogP contribution in [0.2, 0.25) is 0 Å². The highest BCUT2D eigenvalue weighted by Gasteiger charge is 2.20. The second-order valence-corrected chi connectivity index (χ2v) is 5.94. The Labute approximate surface area is 111 Å². The van der Waals surface area contributed by atoms with Crippen LogP contribution >= 0.6 is 22.6 Å². The van der Waals surface area contributed by atoms with Crippen LogP contribution < -0.4 is 10.5 Å². The lowest BCUT2D eigenvalue weighted by atomic mass is 9.89. The fraction of sp³-hybridized carbons (Fsp3) is 0.538. The molecule has 0 bridgehead atoms. The summed E-state index contributed by atoms with van der Waals surface area (Å²) in [6, 6.07) is 5.98. The average Bonchev–Trinajstić information content (AvgIpc) is 2.22. The van der Waals surface area contributed by atoms with Crippen LogP contribution in [0.3, 0.4) is 0 Å². The lowest BCUT2D eigenvalue weighted by Gasteiger charge is -2.27. The zero-order valence-corrected chi connectivity index (χ0v) is 11.7. The van der Waals surface area contributed by atoms with E-state index in [4.69, 9.17) is 10.5 Å². The lowest BCUT2D eigenvalue weighted by molar-refractivity contribution is 0.130. The van der Waals surface area contributed by atoms with Crippen LogP contribution in [-0.4, -0.2) is 6.10 Å². The van der Waals surface area contributed by atoms with E-state index in [1.54, 1.807) is 0 Å². The maximum Gasteiger partial charge on any atom is 0.142 e. The Balaban J connectivity index is 2.02. The van der Waals surface area contributed by atoms with Gasteiger partial charge in [-0.25, -0.2) is 0 Å². The summed E-state index contributed by atoms with van der Waals surface area (Å²) in [4.78, 5) is 0.